The maximum Gasteiger partial charge on any atom is 1.00 e. The zero-order valence-corrected chi connectivity index (χ0v) is 36.8. The number of hydrogen-bond donors (Lipinski definition) is 9. The Morgan fingerprint density at radius 3 is 1.38 bits per heavy atom. The van der Waals surface area contributed by atoms with E-state index in [2.05, 4.69) is 0 Å². The number of aliphatic carboxylic acids is 2. The van der Waals surface area contributed by atoms with Crippen LogP contribution in [0.4, 0.5) is 0 Å². The zero-order chi connectivity index (χ0) is 37.6. The van der Waals surface area contributed by atoms with Crippen LogP contribution in [-0.2, 0) is 9.59 Å². The Labute approximate surface area is 388 Å². The summed E-state index contributed by atoms with van der Waals surface area (Å²) in [5, 5.41) is 121. The molecule has 0 heterocycles. The molecule has 0 aromatic heterocycles. The molecule has 4 aromatic carbocycles. The summed E-state index contributed by atoms with van der Waals surface area (Å²) in [7, 11) is 1.32. The molecule has 53 heavy (non-hydrogen) atoms. The second kappa shape index (κ2) is 27.6. The molecule has 2 atom stereocenters. The number of carboxylic acids is 4. The first-order valence-corrected chi connectivity index (χ1v) is 12.9. The van der Waals surface area contributed by atoms with Gasteiger partial charge in [-0.3, -0.25) is 0 Å². The van der Waals surface area contributed by atoms with Crippen molar-refractivity contribution >= 4 is 23.9 Å². The predicted octanol–water partition coefficient (Wildman–Crippen LogP) is -13.6. The molecule has 0 amide bonds. The van der Waals surface area contributed by atoms with E-state index in [4.69, 9.17) is 45.6 Å². The van der Waals surface area contributed by atoms with Crippen molar-refractivity contribution in [3.05, 3.63) is 95.1 Å². The van der Waals surface area contributed by atoms with Gasteiger partial charge in [-0.25, -0.2) is 9.59 Å². The standard InChI is InChI=1S/C9H10O5.C8H8O5.2C7H6O4.4Na/c1-14-7-4-5(2-3-6(7)10)8(11)9(12)13;9-5-2-1-4(3-6(5)10)7(11)8(12)13;8-4-1-2-6(9)5(3-4)7(10)11;8-4-1-2-5(7(10)11)6(9)3-4;;;;/h2-4,8,10-11H,1H3,(H,12,13);1-3,7,9-11H,(H,12,13);2*1-3,8-9H,(H,10,11);;;;/q;;;;4*+1/p-4. The number of aliphatic hydroxyl groups is 2. The summed E-state index contributed by atoms with van der Waals surface area (Å²) in [4.78, 5) is 41.0. The number of carboxylic acid groups (broad SMARTS) is 4. The van der Waals surface area contributed by atoms with Crippen LogP contribution in [0.5, 0.6) is 46.0 Å². The number of hydrogen-bond acceptors (Lipinski definition) is 16. The Morgan fingerprint density at radius 1 is 0.547 bits per heavy atom. The molecule has 0 fully saturated rings. The van der Waals surface area contributed by atoms with Crippen LogP contribution in [-0.4, -0.2) is 76.9 Å². The second-order valence-electron chi connectivity index (χ2n) is 9.09. The Bertz CT molecular complexity index is 1810. The molecule has 2 unspecified atom stereocenters. The van der Waals surface area contributed by atoms with E-state index in [9.17, 15) is 44.7 Å². The van der Waals surface area contributed by atoms with Crippen molar-refractivity contribution in [2.75, 3.05) is 7.11 Å². The number of ether oxygens (including phenoxy) is 1. The molecular weight excluding hydrogens is 752 g/mol. The fraction of sp³-hybridized carbons (Fsp3) is 0.0968. The molecule has 0 spiro atoms. The number of phenolic OH excluding ortho intramolecular Hbond substituents is 5. The SMILES string of the molecule is COc1cc(C(O)C(=O)[O-])ccc1O.O=C(O)c1cc(O)ccc1[O-].O=C(O)c1ccc(O)cc1[O-].O=C([O-])C(O)c1ccc(O)c(O)c1.[Na+].[Na+].[Na+].[Na+]. The largest absolute Gasteiger partial charge is 1.00 e. The molecule has 0 saturated heterocycles. The quantitative estimate of drug-likeness (QED) is 0.0621. The summed E-state index contributed by atoms with van der Waals surface area (Å²) in [6, 6.07) is 13.1. The maximum absolute atomic E-state index is 10.7. The topological polar surface area (TPSA) is 352 Å². The summed E-state index contributed by atoms with van der Waals surface area (Å²) in [5.41, 5.74) is -0.692. The van der Waals surface area contributed by atoms with Crippen LogP contribution in [0.25, 0.3) is 0 Å². The number of phenols is 5. The Morgan fingerprint density at radius 2 is 0.981 bits per heavy atom. The maximum atomic E-state index is 10.7. The van der Waals surface area contributed by atoms with E-state index < -0.39 is 58.9 Å². The summed E-state index contributed by atoms with van der Waals surface area (Å²) in [5.74, 6) is -8.49. The number of rotatable bonds is 7. The van der Waals surface area contributed by atoms with Crippen LogP contribution < -0.4 is 143 Å². The molecule has 4 aromatic rings. The minimum absolute atomic E-state index is 0. The number of carbonyl (C=O) groups excluding carboxylic acids is 2. The molecule has 9 N–H and O–H groups in total. The second-order valence-corrected chi connectivity index (χ2v) is 9.09. The zero-order valence-electron chi connectivity index (χ0n) is 28.8. The third-order valence-electron chi connectivity index (χ3n) is 5.67. The van der Waals surface area contributed by atoms with Gasteiger partial charge in [-0.15, -0.1) is 0 Å². The van der Waals surface area contributed by atoms with Crippen LogP contribution in [0, 0.1) is 0 Å². The number of aliphatic hydroxyl groups excluding tert-OH is 2. The van der Waals surface area contributed by atoms with Crippen molar-refractivity contribution in [3.63, 3.8) is 0 Å². The van der Waals surface area contributed by atoms with Crippen LogP contribution in [0.3, 0.4) is 0 Å². The van der Waals surface area contributed by atoms with E-state index in [0.29, 0.717) is 0 Å². The van der Waals surface area contributed by atoms with Gasteiger partial charge in [0.2, 0.25) is 0 Å². The Hall–Kier alpha value is -2.92. The average Bonchev–Trinajstić information content (AvgIpc) is 3.03. The predicted molar refractivity (Wildman–Crippen MR) is 153 cm³/mol. The van der Waals surface area contributed by atoms with Gasteiger partial charge in [0.05, 0.1) is 30.2 Å². The molecule has 18 nitrogen and oxygen atoms in total. The van der Waals surface area contributed by atoms with Crippen LogP contribution in [0.2, 0.25) is 0 Å². The van der Waals surface area contributed by atoms with Gasteiger partial charge in [-0.05, 0) is 65.7 Å². The van der Waals surface area contributed by atoms with E-state index in [1.807, 2.05) is 0 Å². The molecule has 262 valence electrons. The summed E-state index contributed by atoms with van der Waals surface area (Å²) in [6.07, 6.45) is -3.52. The fourth-order valence-electron chi connectivity index (χ4n) is 3.22. The van der Waals surface area contributed by atoms with Gasteiger partial charge in [0.1, 0.15) is 23.7 Å². The molecule has 22 heteroatoms. The van der Waals surface area contributed by atoms with Gasteiger partial charge >= 0.3 is 130 Å². The average molecular weight is 778 g/mol. The summed E-state index contributed by atoms with van der Waals surface area (Å²) >= 11 is 0. The number of carbonyl (C=O) groups is 4. The van der Waals surface area contributed by atoms with Crippen LogP contribution in [0.1, 0.15) is 44.1 Å². The van der Waals surface area contributed by atoms with Gasteiger partial charge in [-0.2, -0.15) is 0 Å². The van der Waals surface area contributed by atoms with Gasteiger partial charge in [-0.1, -0.05) is 29.7 Å². The first-order chi connectivity index (χ1) is 22.8. The molecule has 0 aliphatic carbocycles. The first-order valence-electron chi connectivity index (χ1n) is 12.9. The first kappa shape index (κ1) is 56.8. The van der Waals surface area contributed by atoms with Gasteiger partial charge in [0.25, 0.3) is 0 Å². The van der Waals surface area contributed by atoms with Crippen LogP contribution in [0.15, 0.2) is 72.8 Å². The minimum atomic E-state index is -1.80. The molecule has 0 aliphatic rings. The summed E-state index contributed by atoms with van der Waals surface area (Å²) in [6.45, 7) is 0. The molecule has 0 radical (unpaired) electrons. The Kier molecular flexibility index (Phi) is 29.6. The van der Waals surface area contributed by atoms with Crippen molar-refractivity contribution in [1.29, 1.82) is 0 Å². The third-order valence-corrected chi connectivity index (χ3v) is 5.67. The molecule has 4 rings (SSSR count). The number of aromatic carboxylic acids is 2. The van der Waals surface area contributed by atoms with E-state index in [0.717, 1.165) is 48.5 Å². The number of methoxy groups -OCH3 is 1. The number of aromatic hydroxyl groups is 5. The van der Waals surface area contributed by atoms with Gasteiger partial charge < -0.3 is 80.7 Å². The van der Waals surface area contributed by atoms with Gasteiger partial charge in [0, 0.05) is 0 Å². The van der Waals surface area contributed by atoms with Crippen molar-refractivity contribution in [2.24, 2.45) is 0 Å². The fourth-order valence-corrected chi connectivity index (χ4v) is 3.22. The van der Waals surface area contributed by atoms with Crippen molar-refractivity contribution < 1.29 is 209 Å². The third kappa shape index (κ3) is 19.3. The normalized spacial score (nSPS) is 10.2. The molecule has 0 aliphatic heterocycles. The van der Waals surface area contributed by atoms with Crippen LogP contribution >= 0.6 is 0 Å². The monoisotopic (exact) mass is 778 g/mol. The Balaban J connectivity index is -0.000000296. The number of benzene rings is 4. The van der Waals surface area contributed by atoms with E-state index >= 15 is 0 Å². The van der Waals surface area contributed by atoms with Crippen molar-refractivity contribution in [3.8, 4) is 46.0 Å². The smallest absolute Gasteiger partial charge is 0.872 e. The van der Waals surface area contributed by atoms with E-state index in [1.165, 1.54) is 31.4 Å². The van der Waals surface area contributed by atoms with Gasteiger partial charge in [0.15, 0.2) is 23.0 Å². The molecular formula is C31H26Na4O18. The molecule has 0 bridgehead atoms. The summed E-state index contributed by atoms with van der Waals surface area (Å²) < 4.78 is 4.74. The molecule has 0 saturated carbocycles. The minimum Gasteiger partial charge on any atom is -0.872 e. The van der Waals surface area contributed by atoms with E-state index in [1.54, 1.807) is 0 Å². The van der Waals surface area contributed by atoms with Crippen molar-refractivity contribution in [2.45, 2.75) is 12.2 Å². The van der Waals surface area contributed by atoms with E-state index in [-0.39, 0.29) is 164 Å². The van der Waals surface area contributed by atoms with Crippen molar-refractivity contribution in [1.82, 2.24) is 0 Å².